The number of pyridine rings is 2. The first kappa shape index (κ1) is 20.2. The van der Waals surface area contributed by atoms with Crippen molar-refractivity contribution in [2.75, 3.05) is 13.1 Å². The van der Waals surface area contributed by atoms with Gasteiger partial charge in [-0.1, -0.05) is 32.0 Å². The molecule has 3 aromatic rings. The van der Waals surface area contributed by atoms with Crippen LogP contribution in [0.4, 0.5) is 0 Å². The summed E-state index contributed by atoms with van der Waals surface area (Å²) in [6.07, 6.45) is 5.75. The van der Waals surface area contributed by atoms with Gasteiger partial charge in [-0.05, 0) is 43.0 Å². The summed E-state index contributed by atoms with van der Waals surface area (Å²) >= 11 is 0. The second-order valence-electron chi connectivity index (χ2n) is 8.46. The molecule has 1 atom stereocenters. The Labute approximate surface area is 177 Å². The summed E-state index contributed by atoms with van der Waals surface area (Å²) in [7, 11) is 0. The number of hydrogen-bond acceptors (Lipinski definition) is 4. The predicted octanol–water partition coefficient (Wildman–Crippen LogP) is 4.76. The molecule has 30 heavy (non-hydrogen) atoms. The number of likely N-dealkylation sites (tertiary alicyclic amines) is 1. The van der Waals surface area contributed by atoms with E-state index in [-0.39, 0.29) is 17.6 Å². The Hall–Kier alpha value is -3.08. The molecule has 5 nitrogen and oxygen atoms in total. The molecule has 0 bridgehead atoms. The molecule has 1 amide bonds. The van der Waals surface area contributed by atoms with E-state index < -0.39 is 0 Å². The quantitative estimate of drug-likeness (QED) is 0.618. The van der Waals surface area contributed by atoms with Crippen LogP contribution in [0.1, 0.15) is 43.5 Å². The molecule has 1 saturated heterocycles. The number of amides is 1. The first-order valence-corrected chi connectivity index (χ1v) is 10.6. The summed E-state index contributed by atoms with van der Waals surface area (Å²) < 4.78 is 0. The average Bonchev–Trinajstić information content (AvgIpc) is 2.78. The number of nitrogens with zero attached hydrogens (tertiary/aromatic N) is 3. The molecule has 5 heteroatoms. The SMILES string of the molecule is CC(C)CC(=O)[C@H]1CCCN(C(=O)c2ccc(-c3cccc4ncccc34)nc2)C1. The molecule has 4 rings (SSSR count). The molecular weight excluding hydrogens is 374 g/mol. The van der Waals surface area contributed by atoms with Gasteiger partial charge in [0.1, 0.15) is 5.78 Å². The highest BCUT2D eigenvalue weighted by Gasteiger charge is 2.29. The molecule has 0 spiro atoms. The van der Waals surface area contributed by atoms with E-state index in [0.717, 1.165) is 35.0 Å². The van der Waals surface area contributed by atoms with Crippen molar-refractivity contribution in [3.8, 4) is 11.3 Å². The zero-order chi connectivity index (χ0) is 21.1. The van der Waals surface area contributed by atoms with Crippen molar-refractivity contribution in [1.29, 1.82) is 0 Å². The molecule has 1 aliphatic rings. The summed E-state index contributed by atoms with van der Waals surface area (Å²) in [5.41, 5.74) is 3.29. The van der Waals surface area contributed by atoms with Crippen LogP contribution in [0.15, 0.2) is 54.9 Å². The molecule has 0 aliphatic carbocycles. The van der Waals surface area contributed by atoms with E-state index in [0.29, 0.717) is 31.0 Å². The van der Waals surface area contributed by atoms with E-state index in [2.05, 4.69) is 23.8 Å². The maximum atomic E-state index is 13.0. The third-order valence-electron chi connectivity index (χ3n) is 5.71. The van der Waals surface area contributed by atoms with Crippen LogP contribution >= 0.6 is 0 Å². The van der Waals surface area contributed by atoms with Gasteiger partial charge in [0.2, 0.25) is 0 Å². The van der Waals surface area contributed by atoms with Crippen molar-refractivity contribution in [1.82, 2.24) is 14.9 Å². The summed E-state index contributed by atoms with van der Waals surface area (Å²) in [5, 5.41) is 1.04. The van der Waals surface area contributed by atoms with Gasteiger partial charge in [0.05, 0.1) is 16.8 Å². The van der Waals surface area contributed by atoms with Crippen molar-refractivity contribution in [2.45, 2.75) is 33.1 Å². The Morgan fingerprint density at radius 3 is 2.73 bits per heavy atom. The molecule has 1 fully saturated rings. The topological polar surface area (TPSA) is 63.2 Å². The number of Topliss-reactive ketones (excluding diaryl/α,β-unsaturated/α-hetero) is 1. The second-order valence-corrected chi connectivity index (χ2v) is 8.46. The lowest BCUT2D eigenvalue weighted by Gasteiger charge is -2.32. The van der Waals surface area contributed by atoms with Crippen LogP contribution in [0.2, 0.25) is 0 Å². The highest BCUT2D eigenvalue weighted by molar-refractivity contribution is 5.96. The average molecular weight is 402 g/mol. The molecule has 154 valence electrons. The van der Waals surface area contributed by atoms with Crippen LogP contribution < -0.4 is 0 Å². The number of rotatable bonds is 5. The molecule has 1 aliphatic heterocycles. The lowest BCUT2D eigenvalue weighted by Crippen LogP contribution is -2.42. The maximum absolute atomic E-state index is 13.0. The molecule has 0 N–H and O–H groups in total. The monoisotopic (exact) mass is 401 g/mol. The van der Waals surface area contributed by atoms with Crippen molar-refractivity contribution >= 4 is 22.6 Å². The fourth-order valence-electron chi connectivity index (χ4n) is 4.18. The standard InChI is InChI=1S/C25H27N3O2/c1-17(2)14-24(29)19-6-5-13-28(16-19)25(30)18-10-11-23(27-15-18)20-7-3-9-22-21(20)8-4-12-26-22/h3-4,7-12,15,17,19H,5-6,13-14,16H2,1-2H3/t19-/m0/s1. The van der Waals surface area contributed by atoms with E-state index >= 15 is 0 Å². The van der Waals surface area contributed by atoms with Gasteiger partial charge < -0.3 is 4.90 Å². The number of carbonyl (C=O) groups is 2. The minimum absolute atomic E-state index is 0.0412. The summed E-state index contributed by atoms with van der Waals surface area (Å²) in [5.74, 6) is 0.543. The number of hydrogen-bond donors (Lipinski definition) is 0. The molecule has 1 aromatic carbocycles. The van der Waals surface area contributed by atoms with E-state index in [1.54, 1.807) is 12.4 Å². The highest BCUT2D eigenvalue weighted by Crippen LogP contribution is 2.27. The van der Waals surface area contributed by atoms with Crippen LogP contribution in [0.5, 0.6) is 0 Å². The maximum Gasteiger partial charge on any atom is 0.255 e. The first-order valence-electron chi connectivity index (χ1n) is 10.6. The number of piperidine rings is 1. The lowest BCUT2D eigenvalue weighted by atomic mass is 9.89. The molecule has 0 radical (unpaired) electrons. The van der Waals surface area contributed by atoms with Crippen LogP contribution in [0, 0.1) is 11.8 Å². The Balaban J connectivity index is 1.51. The third-order valence-corrected chi connectivity index (χ3v) is 5.71. The molecule has 0 unspecified atom stereocenters. The zero-order valence-corrected chi connectivity index (χ0v) is 17.5. The van der Waals surface area contributed by atoms with Crippen LogP contribution in [-0.4, -0.2) is 39.6 Å². The Bertz CT molecular complexity index is 1050. The van der Waals surface area contributed by atoms with Gasteiger partial charge in [0.15, 0.2) is 0 Å². The van der Waals surface area contributed by atoms with Crippen LogP contribution in [-0.2, 0) is 4.79 Å². The van der Waals surface area contributed by atoms with Gasteiger partial charge in [0, 0.05) is 48.8 Å². The largest absolute Gasteiger partial charge is 0.338 e. The Kier molecular flexibility index (Phi) is 5.88. The van der Waals surface area contributed by atoms with Gasteiger partial charge in [-0.15, -0.1) is 0 Å². The van der Waals surface area contributed by atoms with Gasteiger partial charge >= 0.3 is 0 Å². The number of fused-ring (bicyclic) bond motifs is 1. The van der Waals surface area contributed by atoms with E-state index in [9.17, 15) is 9.59 Å². The Morgan fingerprint density at radius 1 is 1.10 bits per heavy atom. The van der Waals surface area contributed by atoms with Crippen molar-refractivity contribution in [3.63, 3.8) is 0 Å². The zero-order valence-electron chi connectivity index (χ0n) is 17.5. The fourth-order valence-corrected chi connectivity index (χ4v) is 4.18. The summed E-state index contributed by atoms with van der Waals surface area (Å²) in [6, 6.07) is 13.6. The van der Waals surface area contributed by atoms with Gasteiger partial charge in [-0.25, -0.2) is 0 Å². The van der Waals surface area contributed by atoms with Gasteiger partial charge in [-0.2, -0.15) is 0 Å². The van der Waals surface area contributed by atoms with Gasteiger partial charge in [0.25, 0.3) is 5.91 Å². The normalized spacial score (nSPS) is 16.8. The van der Waals surface area contributed by atoms with Gasteiger partial charge in [-0.3, -0.25) is 19.6 Å². The highest BCUT2D eigenvalue weighted by atomic mass is 16.2. The third kappa shape index (κ3) is 4.25. The predicted molar refractivity (Wildman–Crippen MR) is 118 cm³/mol. The smallest absolute Gasteiger partial charge is 0.255 e. The van der Waals surface area contributed by atoms with Crippen molar-refractivity contribution in [2.24, 2.45) is 11.8 Å². The number of benzene rings is 1. The second kappa shape index (κ2) is 8.74. The van der Waals surface area contributed by atoms with Crippen LogP contribution in [0.25, 0.3) is 22.2 Å². The number of carbonyl (C=O) groups excluding carboxylic acids is 2. The van der Waals surface area contributed by atoms with Crippen molar-refractivity contribution in [3.05, 3.63) is 60.4 Å². The summed E-state index contributed by atoms with van der Waals surface area (Å²) in [4.78, 5) is 36.3. The van der Waals surface area contributed by atoms with E-state index in [1.165, 1.54) is 0 Å². The van der Waals surface area contributed by atoms with E-state index in [1.807, 2.05) is 47.4 Å². The number of aromatic nitrogens is 2. The summed E-state index contributed by atoms with van der Waals surface area (Å²) in [6.45, 7) is 5.33. The van der Waals surface area contributed by atoms with Crippen molar-refractivity contribution < 1.29 is 9.59 Å². The molecule has 0 saturated carbocycles. The number of ketones is 1. The fraction of sp³-hybridized carbons (Fsp3) is 0.360. The Morgan fingerprint density at radius 2 is 1.97 bits per heavy atom. The molecule has 3 heterocycles. The van der Waals surface area contributed by atoms with E-state index in [4.69, 9.17) is 0 Å². The molecule has 2 aromatic heterocycles. The lowest BCUT2D eigenvalue weighted by molar-refractivity contribution is -0.124. The first-order chi connectivity index (χ1) is 14.5. The minimum atomic E-state index is -0.0457. The molecular formula is C25H27N3O2. The van der Waals surface area contributed by atoms with Crippen LogP contribution in [0.3, 0.4) is 0 Å². The minimum Gasteiger partial charge on any atom is -0.338 e.